The van der Waals surface area contributed by atoms with E-state index in [0.717, 1.165) is 45.1 Å². The van der Waals surface area contributed by atoms with Crippen molar-refractivity contribution in [3.63, 3.8) is 0 Å². The van der Waals surface area contributed by atoms with Crippen molar-refractivity contribution >= 4 is 15.9 Å². The average Bonchev–Trinajstić information content (AvgIpc) is 3.19. The van der Waals surface area contributed by atoms with Crippen LogP contribution in [0, 0.1) is 0 Å². The van der Waals surface area contributed by atoms with Crippen LogP contribution in [-0.2, 0) is 14.8 Å². The lowest BCUT2D eigenvalue weighted by atomic mass is 10.0. The highest BCUT2D eigenvalue weighted by Crippen LogP contribution is 2.27. The monoisotopic (exact) mass is 380 g/mol. The summed E-state index contributed by atoms with van der Waals surface area (Å²) in [6, 6.07) is 6.32. The van der Waals surface area contributed by atoms with E-state index in [9.17, 15) is 13.2 Å². The van der Waals surface area contributed by atoms with Crippen LogP contribution in [0.3, 0.4) is 0 Å². The molecule has 2 atom stereocenters. The molecule has 7 heteroatoms. The summed E-state index contributed by atoms with van der Waals surface area (Å²) in [5, 5.41) is 2.85. The molecule has 144 valence electrons. The second kappa shape index (κ2) is 8.50. The molecule has 2 fully saturated rings. The highest BCUT2D eigenvalue weighted by Gasteiger charge is 2.32. The lowest BCUT2D eigenvalue weighted by Gasteiger charge is -2.34. The molecular weight excluding hydrogens is 352 g/mol. The summed E-state index contributed by atoms with van der Waals surface area (Å²) >= 11 is 0. The number of rotatable bonds is 6. The molecule has 2 saturated heterocycles. The SMILES string of the molecule is CCC1CCCCN1S(=O)(=O)c1ccc(C(=O)NCC2CCCO2)cc1. The van der Waals surface area contributed by atoms with Crippen molar-refractivity contribution in [3.8, 4) is 0 Å². The third-order valence-electron chi connectivity index (χ3n) is 5.28. The van der Waals surface area contributed by atoms with Gasteiger partial charge in [-0.2, -0.15) is 4.31 Å². The Balaban J connectivity index is 1.66. The van der Waals surface area contributed by atoms with Gasteiger partial charge in [-0.15, -0.1) is 0 Å². The first-order valence-corrected chi connectivity index (χ1v) is 11.0. The number of carbonyl (C=O) groups is 1. The summed E-state index contributed by atoms with van der Waals surface area (Å²) in [5.74, 6) is -0.200. The van der Waals surface area contributed by atoms with Gasteiger partial charge in [-0.3, -0.25) is 4.79 Å². The van der Waals surface area contributed by atoms with Crippen molar-refractivity contribution in [1.29, 1.82) is 0 Å². The van der Waals surface area contributed by atoms with Gasteiger partial charge in [-0.1, -0.05) is 13.3 Å². The summed E-state index contributed by atoms with van der Waals surface area (Å²) in [7, 11) is -3.51. The zero-order chi connectivity index (χ0) is 18.6. The Bertz CT molecular complexity index is 712. The van der Waals surface area contributed by atoms with E-state index < -0.39 is 10.0 Å². The van der Waals surface area contributed by atoms with Crippen LogP contribution in [0.4, 0.5) is 0 Å². The second-order valence-corrected chi connectivity index (χ2v) is 8.93. The van der Waals surface area contributed by atoms with Crippen LogP contribution in [0.25, 0.3) is 0 Å². The first-order valence-electron chi connectivity index (χ1n) is 9.54. The molecule has 3 rings (SSSR count). The summed E-state index contributed by atoms with van der Waals surface area (Å²) in [4.78, 5) is 12.5. The lowest BCUT2D eigenvalue weighted by Crippen LogP contribution is -2.43. The molecule has 0 saturated carbocycles. The number of amides is 1. The van der Waals surface area contributed by atoms with Gasteiger partial charge >= 0.3 is 0 Å². The number of nitrogens with one attached hydrogen (secondary N) is 1. The van der Waals surface area contributed by atoms with Crippen molar-refractivity contribution in [3.05, 3.63) is 29.8 Å². The van der Waals surface area contributed by atoms with E-state index in [0.29, 0.717) is 18.7 Å². The predicted octanol–water partition coefficient (Wildman–Crippen LogP) is 2.55. The molecule has 2 unspecified atom stereocenters. The van der Waals surface area contributed by atoms with E-state index in [2.05, 4.69) is 5.32 Å². The Morgan fingerprint density at radius 2 is 1.96 bits per heavy atom. The van der Waals surface area contributed by atoms with Gasteiger partial charge in [0.25, 0.3) is 5.91 Å². The normalized spacial score (nSPS) is 24.5. The smallest absolute Gasteiger partial charge is 0.251 e. The zero-order valence-electron chi connectivity index (χ0n) is 15.3. The number of piperidine rings is 1. The summed E-state index contributed by atoms with van der Waals surface area (Å²) in [6.45, 7) is 3.84. The molecule has 1 aromatic rings. The lowest BCUT2D eigenvalue weighted by molar-refractivity contribution is 0.0857. The number of hydrogen-bond donors (Lipinski definition) is 1. The number of ether oxygens (including phenoxy) is 1. The topological polar surface area (TPSA) is 75.7 Å². The first-order chi connectivity index (χ1) is 12.5. The van der Waals surface area contributed by atoms with Gasteiger partial charge in [0.2, 0.25) is 10.0 Å². The van der Waals surface area contributed by atoms with Gasteiger partial charge in [-0.25, -0.2) is 8.42 Å². The molecule has 2 aliphatic heterocycles. The number of hydrogen-bond acceptors (Lipinski definition) is 4. The fraction of sp³-hybridized carbons (Fsp3) is 0.632. The molecule has 2 heterocycles. The molecule has 26 heavy (non-hydrogen) atoms. The predicted molar refractivity (Wildman–Crippen MR) is 99.6 cm³/mol. The Hall–Kier alpha value is -1.44. The molecule has 0 aromatic heterocycles. The molecule has 1 N–H and O–H groups in total. The van der Waals surface area contributed by atoms with E-state index in [1.165, 1.54) is 12.1 Å². The third-order valence-corrected chi connectivity index (χ3v) is 7.25. The van der Waals surface area contributed by atoms with Crippen molar-refractivity contribution in [1.82, 2.24) is 9.62 Å². The number of benzene rings is 1. The Labute approximate surface area is 156 Å². The molecular formula is C19H28N2O4S. The first kappa shape index (κ1) is 19.3. The highest BCUT2D eigenvalue weighted by atomic mass is 32.2. The van der Waals surface area contributed by atoms with Gasteiger partial charge < -0.3 is 10.1 Å². The third kappa shape index (κ3) is 4.27. The van der Waals surface area contributed by atoms with Gasteiger partial charge in [0.1, 0.15) is 0 Å². The van der Waals surface area contributed by atoms with Crippen molar-refractivity contribution in [2.45, 2.75) is 62.5 Å². The summed E-state index contributed by atoms with van der Waals surface area (Å²) < 4.78 is 33.0. The van der Waals surface area contributed by atoms with Gasteiger partial charge in [0.05, 0.1) is 11.0 Å². The molecule has 0 aliphatic carbocycles. The second-order valence-electron chi connectivity index (χ2n) is 7.04. The van der Waals surface area contributed by atoms with Gasteiger partial charge in [0.15, 0.2) is 0 Å². The largest absolute Gasteiger partial charge is 0.376 e. The van der Waals surface area contributed by atoms with Crippen molar-refractivity contribution < 1.29 is 17.9 Å². The average molecular weight is 381 g/mol. The maximum atomic E-state index is 12.9. The molecule has 1 amide bonds. The molecule has 6 nitrogen and oxygen atoms in total. The van der Waals surface area contributed by atoms with E-state index in [4.69, 9.17) is 4.74 Å². The molecule has 2 aliphatic rings. The minimum absolute atomic E-state index is 0.0723. The van der Waals surface area contributed by atoms with Crippen LogP contribution in [0.15, 0.2) is 29.2 Å². The zero-order valence-corrected chi connectivity index (χ0v) is 16.1. The molecule has 0 radical (unpaired) electrons. The van der Waals surface area contributed by atoms with Crippen molar-refractivity contribution in [2.24, 2.45) is 0 Å². The summed E-state index contributed by atoms with van der Waals surface area (Å²) in [6.07, 6.45) is 5.80. The maximum Gasteiger partial charge on any atom is 0.251 e. The minimum Gasteiger partial charge on any atom is -0.376 e. The van der Waals surface area contributed by atoms with Crippen LogP contribution in [-0.4, -0.2) is 50.5 Å². The Kier molecular flexibility index (Phi) is 6.32. The molecule has 1 aromatic carbocycles. The van der Waals surface area contributed by atoms with E-state index in [1.54, 1.807) is 16.4 Å². The van der Waals surface area contributed by atoms with E-state index >= 15 is 0 Å². The van der Waals surface area contributed by atoms with Crippen LogP contribution in [0.2, 0.25) is 0 Å². The van der Waals surface area contributed by atoms with Gasteiger partial charge in [0, 0.05) is 31.3 Å². The Morgan fingerprint density at radius 3 is 2.62 bits per heavy atom. The molecule has 0 bridgehead atoms. The van der Waals surface area contributed by atoms with Crippen LogP contribution >= 0.6 is 0 Å². The summed E-state index contributed by atoms with van der Waals surface area (Å²) in [5.41, 5.74) is 0.465. The van der Waals surface area contributed by atoms with Crippen LogP contribution < -0.4 is 5.32 Å². The quantitative estimate of drug-likeness (QED) is 0.823. The number of sulfonamides is 1. The van der Waals surface area contributed by atoms with Crippen molar-refractivity contribution in [2.75, 3.05) is 19.7 Å². The fourth-order valence-electron chi connectivity index (χ4n) is 3.73. The molecule has 0 spiro atoms. The van der Waals surface area contributed by atoms with Gasteiger partial charge in [-0.05, 0) is 56.4 Å². The highest BCUT2D eigenvalue weighted by molar-refractivity contribution is 7.89. The van der Waals surface area contributed by atoms with E-state index in [-0.39, 0.29) is 22.9 Å². The van der Waals surface area contributed by atoms with Crippen LogP contribution in [0.5, 0.6) is 0 Å². The number of nitrogens with zero attached hydrogens (tertiary/aromatic N) is 1. The maximum absolute atomic E-state index is 12.9. The van der Waals surface area contributed by atoms with Crippen LogP contribution in [0.1, 0.15) is 55.8 Å². The minimum atomic E-state index is -3.51. The Morgan fingerprint density at radius 1 is 1.19 bits per heavy atom. The standard InChI is InChI=1S/C19H28N2O4S/c1-2-16-6-3-4-12-21(16)26(23,24)18-10-8-15(9-11-18)19(22)20-14-17-7-5-13-25-17/h8-11,16-17H,2-7,12-14H2,1H3,(H,20,22). The number of carbonyl (C=O) groups excluding carboxylic acids is 1. The fourth-order valence-corrected chi connectivity index (χ4v) is 5.49. The van der Waals surface area contributed by atoms with E-state index in [1.807, 2.05) is 6.92 Å².